The molecule has 0 bridgehead atoms. The van der Waals surface area contributed by atoms with E-state index in [-0.39, 0.29) is 12.8 Å². The summed E-state index contributed by atoms with van der Waals surface area (Å²) in [5, 5.41) is 8.15. The van der Waals surface area contributed by atoms with E-state index >= 15 is 0 Å². The van der Waals surface area contributed by atoms with Crippen LogP contribution in [0.5, 0.6) is 0 Å². The summed E-state index contributed by atoms with van der Waals surface area (Å²) in [7, 11) is 0. The number of hydrogen-bond acceptors (Lipinski definition) is 1. The third kappa shape index (κ3) is 5.47. The minimum Gasteiger partial charge on any atom is -0.481 e. The van der Waals surface area contributed by atoms with E-state index in [0.717, 1.165) is 0 Å². The lowest BCUT2D eigenvalue weighted by Gasteiger charge is -2.05. The second-order valence-electron chi connectivity index (χ2n) is 2.33. The normalized spacial score (nSPS) is 13.6. The molecule has 0 aromatic rings. The molecule has 4 heteroatoms. The van der Waals surface area contributed by atoms with Crippen LogP contribution in [0.1, 0.15) is 19.8 Å². The standard InChI is InChI=1S/C6H10F2O2/c1-4(2-5(7)8)3-6(9)10/h4-5H,2-3H2,1H3,(H,9,10). The second kappa shape index (κ2) is 4.19. The molecule has 0 amide bonds. The van der Waals surface area contributed by atoms with Crippen molar-refractivity contribution in [3.63, 3.8) is 0 Å². The molecule has 0 radical (unpaired) electrons. The number of carbonyl (C=O) groups is 1. The van der Waals surface area contributed by atoms with Gasteiger partial charge < -0.3 is 5.11 Å². The van der Waals surface area contributed by atoms with Gasteiger partial charge in [0.2, 0.25) is 6.43 Å². The van der Waals surface area contributed by atoms with E-state index in [1.807, 2.05) is 0 Å². The molecule has 0 heterocycles. The topological polar surface area (TPSA) is 37.3 Å². The minimum absolute atomic E-state index is 0.176. The third-order valence-electron chi connectivity index (χ3n) is 1.10. The van der Waals surface area contributed by atoms with Gasteiger partial charge in [0, 0.05) is 12.8 Å². The van der Waals surface area contributed by atoms with Crippen molar-refractivity contribution in [2.24, 2.45) is 5.92 Å². The Bertz CT molecular complexity index is 114. The summed E-state index contributed by atoms with van der Waals surface area (Å²) < 4.78 is 23.1. The van der Waals surface area contributed by atoms with E-state index in [4.69, 9.17) is 5.11 Å². The number of aliphatic carboxylic acids is 1. The predicted molar refractivity (Wildman–Crippen MR) is 32.0 cm³/mol. The Morgan fingerprint density at radius 1 is 1.60 bits per heavy atom. The van der Waals surface area contributed by atoms with Gasteiger partial charge in [0.1, 0.15) is 0 Å². The van der Waals surface area contributed by atoms with E-state index in [2.05, 4.69) is 0 Å². The summed E-state index contributed by atoms with van der Waals surface area (Å²) in [4.78, 5) is 9.95. The van der Waals surface area contributed by atoms with Crippen molar-refractivity contribution in [1.82, 2.24) is 0 Å². The summed E-state index contributed by atoms with van der Waals surface area (Å²) in [5.74, 6) is -1.45. The van der Waals surface area contributed by atoms with E-state index in [1.54, 1.807) is 0 Å². The molecule has 0 aromatic heterocycles. The van der Waals surface area contributed by atoms with Gasteiger partial charge in [0.25, 0.3) is 0 Å². The van der Waals surface area contributed by atoms with Gasteiger partial charge in [-0.15, -0.1) is 0 Å². The summed E-state index contributed by atoms with van der Waals surface area (Å²) in [6.45, 7) is 1.50. The molecule has 1 N–H and O–H groups in total. The molecule has 0 saturated heterocycles. The van der Waals surface area contributed by atoms with Crippen LogP contribution in [0, 0.1) is 5.92 Å². The molecule has 0 aliphatic rings. The van der Waals surface area contributed by atoms with Crippen molar-refractivity contribution >= 4 is 5.97 Å². The van der Waals surface area contributed by atoms with Crippen LogP contribution in [-0.4, -0.2) is 17.5 Å². The maximum absolute atomic E-state index is 11.5. The molecular weight excluding hydrogens is 142 g/mol. The first-order valence-corrected chi connectivity index (χ1v) is 3.02. The molecule has 0 saturated carbocycles. The van der Waals surface area contributed by atoms with Gasteiger partial charge in [0.05, 0.1) is 0 Å². The van der Waals surface area contributed by atoms with Gasteiger partial charge in [-0.2, -0.15) is 0 Å². The van der Waals surface area contributed by atoms with Gasteiger partial charge in [-0.1, -0.05) is 6.92 Å². The lowest BCUT2D eigenvalue weighted by atomic mass is 10.1. The number of alkyl halides is 2. The van der Waals surface area contributed by atoms with Crippen molar-refractivity contribution in [1.29, 1.82) is 0 Å². The Balaban J connectivity index is 3.43. The zero-order chi connectivity index (χ0) is 8.15. The maximum atomic E-state index is 11.5. The van der Waals surface area contributed by atoms with Gasteiger partial charge in [0.15, 0.2) is 0 Å². The quantitative estimate of drug-likeness (QED) is 0.666. The molecule has 0 fully saturated rings. The molecular formula is C6H10F2O2. The molecule has 1 unspecified atom stereocenters. The first kappa shape index (κ1) is 9.33. The van der Waals surface area contributed by atoms with Gasteiger partial charge in [-0.25, -0.2) is 8.78 Å². The Hall–Kier alpha value is -0.670. The molecule has 10 heavy (non-hydrogen) atoms. The molecule has 0 aliphatic carbocycles. The van der Waals surface area contributed by atoms with Crippen LogP contribution in [0.2, 0.25) is 0 Å². The van der Waals surface area contributed by atoms with E-state index in [0.29, 0.717) is 0 Å². The SMILES string of the molecule is CC(CC(=O)O)CC(F)F. The van der Waals surface area contributed by atoms with Crippen LogP contribution in [0.15, 0.2) is 0 Å². The fraction of sp³-hybridized carbons (Fsp3) is 0.833. The maximum Gasteiger partial charge on any atom is 0.303 e. The number of halogens is 2. The van der Waals surface area contributed by atoms with E-state index in [9.17, 15) is 13.6 Å². The minimum atomic E-state index is -2.39. The Kier molecular flexibility index (Phi) is 3.91. The largest absolute Gasteiger partial charge is 0.481 e. The molecule has 2 nitrogen and oxygen atoms in total. The highest BCUT2D eigenvalue weighted by Gasteiger charge is 2.12. The lowest BCUT2D eigenvalue weighted by molar-refractivity contribution is -0.138. The summed E-state index contributed by atoms with van der Waals surface area (Å²) >= 11 is 0. The van der Waals surface area contributed by atoms with Crippen molar-refractivity contribution in [3.8, 4) is 0 Å². The molecule has 0 aliphatic heterocycles. The number of hydrogen-bond donors (Lipinski definition) is 1. The molecule has 0 rings (SSSR count). The number of carboxylic acids is 1. The summed E-state index contributed by atoms with van der Waals surface area (Å²) in [6.07, 6.45) is -2.90. The Morgan fingerprint density at radius 3 is 2.40 bits per heavy atom. The number of carboxylic acid groups (broad SMARTS) is 1. The molecule has 1 atom stereocenters. The van der Waals surface area contributed by atoms with Crippen LogP contribution < -0.4 is 0 Å². The average molecular weight is 152 g/mol. The van der Waals surface area contributed by atoms with Crippen molar-refractivity contribution in [3.05, 3.63) is 0 Å². The average Bonchev–Trinajstić information content (AvgIpc) is 1.58. The first-order chi connectivity index (χ1) is 4.52. The van der Waals surface area contributed by atoms with Crippen molar-refractivity contribution in [2.75, 3.05) is 0 Å². The fourth-order valence-electron chi connectivity index (χ4n) is 0.686. The smallest absolute Gasteiger partial charge is 0.303 e. The second-order valence-corrected chi connectivity index (χ2v) is 2.33. The highest BCUT2D eigenvalue weighted by atomic mass is 19.3. The highest BCUT2D eigenvalue weighted by molar-refractivity contribution is 5.66. The zero-order valence-corrected chi connectivity index (χ0v) is 5.68. The lowest BCUT2D eigenvalue weighted by Crippen LogP contribution is -2.07. The van der Waals surface area contributed by atoms with E-state index in [1.165, 1.54) is 6.92 Å². The van der Waals surface area contributed by atoms with Crippen molar-refractivity contribution < 1.29 is 18.7 Å². The van der Waals surface area contributed by atoms with Gasteiger partial charge in [-0.3, -0.25) is 4.79 Å². The third-order valence-corrected chi connectivity index (χ3v) is 1.10. The van der Waals surface area contributed by atoms with Crippen molar-refractivity contribution in [2.45, 2.75) is 26.2 Å². The Morgan fingerprint density at radius 2 is 2.10 bits per heavy atom. The van der Waals surface area contributed by atoms with Crippen LogP contribution in [0.25, 0.3) is 0 Å². The van der Waals surface area contributed by atoms with Gasteiger partial charge >= 0.3 is 5.97 Å². The fourth-order valence-corrected chi connectivity index (χ4v) is 0.686. The zero-order valence-electron chi connectivity index (χ0n) is 5.68. The van der Waals surface area contributed by atoms with E-state index < -0.39 is 18.3 Å². The molecule has 0 spiro atoms. The Labute approximate surface area is 57.9 Å². The first-order valence-electron chi connectivity index (χ1n) is 3.02. The highest BCUT2D eigenvalue weighted by Crippen LogP contribution is 2.13. The predicted octanol–water partition coefficient (Wildman–Crippen LogP) is 1.75. The summed E-state index contributed by atoms with van der Waals surface area (Å²) in [5.41, 5.74) is 0. The summed E-state index contributed by atoms with van der Waals surface area (Å²) in [6, 6.07) is 0. The monoisotopic (exact) mass is 152 g/mol. The van der Waals surface area contributed by atoms with Gasteiger partial charge in [-0.05, 0) is 5.92 Å². The number of rotatable bonds is 4. The molecule has 0 aromatic carbocycles. The van der Waals surface area contributed by atoms with Crippen LogP contribution in [-0.2, 0) is 4.79 Å². The van der Waals surface area contributed by atoms with Crippen LogP contribution in [0.4, 0.5) is 8.78 Å². The van der Waals surface area contributed by atoms with Crippen LogP contribution in [0.3, 0.4) is 0 Å². The molecule has 60 valence electrons. The van der Waals surface area contributed by atoms with Crippen LogP contribution >= 0.6 is 0 Å².